The molecular formula is C58H66N12. The van der Waals surface area contributed by atoms with Crippen LogP contribution in [0.2, 0.25) is 0 Å². The number of rotatable bonds is 8. The highest BCUT2D eigenvalue weighted by Gasteiger charge is 2.21. The number of aromatic amines is 6. The van der Waals surface area contributed by atoms with E-state index in [1.54, 1.807) is 0 Å². The van der Waals surface area contributed by atoms with Crippen LogP contribution < -0.4 is 0 Å². The predicted molar refractivity (Wildman–Crippen MR) is 287 cm³/mol. The van der Waals surface area contributed by atoms with Crippen LogP contribution in [0.25, 0.3) is 11.1 Å². The van der Waals surface area contributed by atoms with Crippen molar-refractivity contribution in [3.8, 4) is 11.1 Å². The minimum atomic E-state index is 0.693. The monoisotopic (exact) mass is 931 g/mol. The Labute approximate surface area is 411 Å². The Kier molecular flexibility index (Phi) is 13.2. The third-order valence-corrected chi connectivity index (χ3v) is 14.6. The van der Waals surface area contributed by atoms with E-state index in [0.29, 0.717) is 12.8 Å². The van der Waals surface area contributed by atoms with Gasteiger partial charge in [0.15, 0.2) is 0 Å². The molecule has 6 aromatic heterocycles. The van der Waals surface area contributed by atoms with Crippen molar-refractivity contribution in [3.05, 3.63) is 161 Å². The predicted octanol–water partition coefficient (Wildman–Crippen LogP) is 12.6. The van der Waals surface area contributed by atoms with E-state index in [0.717, 1.165) is 144 Å². The van der Waals surface area contributed by atoms with Gasteiger partial charge in [-0.05, 0) is 143 Å². The van der Waals surface area contributed by atoms with Crippen molar-refractivity contribution in [2.75, 3.05) is 0 Å². The first-order chi connectivity index (χ1) is 34.3. The summed E-state index contributed by atoms with van der Waals surface area (Å²) < 4.78 is 0. The van der Waals surface area contributed by atoms with E-state index in [9.17, 15) is 0 Å². The number of fused-ring (bicyclic) bond motifs is 6. The maximum Gasteiger partial charge on any atom is 0.0893 e. The molecule has 0 amide bonds. The summed E-state index contributed by atoms with van der Waals surface area (Å²) in [6, 6.07) is 17.2. The van der Waals surface area contributed by atoms with Gasteiger partial charge in [0.05, 0.1) is 81.8 Å². The summed E-state index contributed by atoms with van der Waals surface area (Å²) >= 11 is 0. The Balaban J connectivity index is 1.21. The molecule has 2 aromatic carbocycles. The number of aromatic nitrogens is 8. The summed E-state index contributed by atoms with van der Waals surface area (Å²) in [6.45, 7) is 17.9. The number of benzene rings is 2. The van der Waals surface area contributed by atoms with Gasteiger partial charge in [0.1, 0.15) is 0 Å². The minimum Gasteiger partial charge on any atom is -0.357 e. The van der Waals surface area contributed by atoms with E-state index in [1.807, 2.05) is 24.9 Å². The average molecular weight is 931 g/mol. The molecule has 0 aliphatic carbocycles. The summed E-state index contributed by atoms with van der Waals surface area (Å²) in [5.41, 5.74) is 28.5. The van der Waals surface area contributed by atoms with E-state index in [2.05, 4.69) is 134 Å². The summed E-state index contributed by atoms with van der Waals surface area (Å²) in [5, 5.41) is 16.5. The first kappa shape index (κ1) is 46.4. The van der Waals surface area contributed by atoms with Gasteiger partial charge in [0.2, 0.25) is 0 Å². The lowest BCUT2D eigenvalue weighted by atomic mass is 10.0. The van der Waals surface area contributed by atoms with Gasteiger partial charge in [-0.15, -0.1) is 0 Å². The molecule has 6 N–H and O–H groups in total. The molecule has 0 saturated carbocycles. The smallest absolute Gasteiger partial charge is 0.0893 e. The molecule has 10 heterocycles. The topological polar surface area (TPSA) is 170 Å². The second kappa shape index (κ2) is 19.9. The first-order valence-corrected chi connectivity index (χ1v) is 25.7. The summed E-state index contributed by atoms with van der Waals surface area (Å²) in [5.74, 6) is 0. The SMILES string of the molecule is CCc1c2[nH]c(c1CC)Cc1cc([nH]n1)Cc1[nH]c(c(CC)c1CC)C=Nc1ccc3cc1N=Cc1[nH]c(c(CC)c1CC)Cc1cc(n[nH]1)Cc1[nH]c(c(CC)c1CC)C=Nc1cc-3ccc1N=C2. The Morgan fingerprint density at radius 3 is 0.957 bits per heavy atom. The fraction of sp³-hybridized carbons (Fsp3) is 0.345. The number of H-pyrrole nitrogens is 6. The maximum atomic E-state index is 5.30. The standard InChI is InChI=1S/C58H66N12/c1-9-39-43(13-5)55-29-59-47-19-17-33-21-53(47)61-31-57-45(15-7)41(11-3)51(65-57)27-37-24-38(70-69-37)28-52-42(12-4)46(16-8)58(66-52)32-62-54-22-34(33)18-20-48(54)60-30-56-44(14-6)40(10-2)50(64-56)26-36-23-35(67-68-36)25-49(39)63-55/h17-24,29-32,63-66H,9-16,25-28H2,1-8H3,(H,67,68)(H,69,70). The number of hydrogen-bond donors (Lipinski definition) is 6. The van der Waals surface area contributed by atoms with E-state index in [-0.39, 0.29) is 0 Å². The van der Waals surface area contributed by atoms with Crippen molar-refractivity contribution in [1.29, 1.82) is 0 Å². The van der Waals surface area contributed by atoms with Gasteiger partial charge in [-0.1, -0.05) is 67.5 Å². The number of aliphatic imine (C=N–C) groups is 4. The Hall–Kier alpha value is -7.34. The average Bonchev–Trinajstić information content (AvgIpc) is 4.25. The lowest BCUT2D eigenvalue weighted by Crippen LogP contribution is -1.95. The van der Waals surface area contributed by atoms with Crippen LogP contribution >= 0.6 is 0 Å². The molecule has 358 valence electrons. The second-order valence-corrected chi connectivity index (χ2v) is 18.6. The number of nitrogens with one attached hydrogen (secondary N) is 6. The molecule has 0 unspecified atom stereocenters. The van der Waals surface area contributed by atoms with Gasteiger partial charge < -0.3 is 19.9 Å². The van der Waals surface area contributed by atoms with Crippen LogP contribution in [0.15, 0.2) is 68.5 Å². The Bertz CT molecular complexity index is 3110. The molecular weight excluding hydrogens is 865 g/mol. The van der Waals surface area contributed by atoms with Gasteiger partial charge in [-0.2, -0.15) is 10.2 Å². The number of nitrogens with zero attached hydrogens (tertiary/aromatic N) is 6. The number of hydrogen-bond acceptors (Lipinski definition) is 6. The molecule has 4 aliphatic heterocycles. The van der Waals surface area contributed by atoms with E-state index in [1.165, 1.54) is 67.3 Å². The highest BCUT2D eigenvalue weighted by atomic mass is 15.1. The zero-order valence-corrected chi connectivity index (χ0v) is 42.1. The van der Waals surface area contributed by atoms with Gasteiger partial charge in [0.25, 0.3) is 0 Å². The fourth-order valence-electron chi connectivity index (χ4n) is 11.3. The van der Waals surface area contributed by atoms with Crippen LogP contribution in [0.1, 0.15) is 168 Å². The third kappa shape index (κ3) is 8.80. The second-order valence-electron chi connectivity index (χ2n) is 18.6. The molecule has 4 aliphatic rings. The fourth-order valence-corrected chi connectivity index (χ4v) is 11.3. The molecule has 18 bridgehead atoms. The van der Waals surface area contributed by atoms with E-state index >= 15 is 0 Å². The summed E-state index contributed by atoms with van der Waals surface area (Å²) in [6.07, 6.45) is 18.0. The molecule has 8 aromatic rings. The van der Waals surface area contributed by atoms with Crippen LogP contribution in [0.3, 0.4) is 0 Å². The molecule has 70 heavy (non-hydrogen) atoms. The van der Waals surface area contributed by atoms with Crippen LogP contribution in [0.4, 0.5) is 22.7 Å². The van der Waals surface area contributed by atoms with Crippen LogP contribution in [-0.4, -0.2) is 65.2 Å². The van der Waals surface area contributed by atoms with E-state index < -0.39 is 0 Å². The molecule has 0 radical (unpaired) electrons. The minimum absolute atomic E-state index is 0.693. The van der Waals surface area contributed by atoms with Crippen LogP contribution in [0.5, 0.6) is 0 Å². The summed E-state index contributed by atoms with van der Waals surface area (Å²) in [4.78, 5) is 36.3. The zero-order valence-electron chi connectivity index (χ0n) is 42.1. The zero-order chi connectivity index (χ0) is 48.5. The van der Waals surface area contributed by atoms with Crippen LogP contribution in [-0.2, 0) is 77.0 Å². The lowest BCUT2D eigenvalue weighted by molar-refractivity contribution is 0.921. The molecule has 12 rings (SSSR count). The molecule has 0 fully saturated rings. The molecule has 0 spiro atoms. The quantitative estimate of drug-likeness (QED) is 0.0892. The molecule has 0 atom stereocenters. The van der Waals surface area contributed by atoms with Crippen molar-refractivity contribution < 1.29 is 0 Å². The van der Waals surface area contributed by atoms with Gasteiger partial charge in [0, 0.05) is 59.8 Å². The highest BCUT2D eigenvalue weighted by molar-refractivity contribution is 5.91. The molecule has 0 saturated heterocycles. The normalized spacial score (nSPS) is 13.4. The van der Waals surface area contributed by atoms with Gasteiger partial charge >= 0.3 is 0 Å². The van der Waals surface area contributed by atoms with Crippen molar-refractivity contribution in [2.45, 2.75) is 132 Å². The first-order valence-electron chi connectivity index (χ1n) is 25.7. The van der Waals surface area contributed by atoms with Gasteiger partial charge in [-0.25, -0.2) is 0 Å². The highest BCUT2D eigenvalue weighted by Crippen LogP contribution is 2.39. The molecule has 12 nitrogen and oxygen atoms in total. The maximum absolute atomic E-state index is 5.30. The van der Waals surface area contributed by atoms with Crippen molar-refractivity contribution >= 4 is 47.6 Å². The van der Waals surface area contributed by atoms with E-state index in [4.69, 9.17) is 30.2 Å². The Morgan fingerprint density at radius 2 is 0.643 bits per heavy atom. The van der Waals surface area contributed by atoms with Crippen molar-refractivity contribution in [1.82, 2.24) is 40.3 Å². The van der Waals surface area contributed by atoms with Gasteiger partial charge in [-0.3, -0.25) is 30.2 Å². The Morgan fingerprint density at radius 1 is 0.343 bits per heavy atom. The van der Waals surface area contributed by atoms with Crippen molar-refractivity contribution in [3.63, 3.8) is 0 Å². The summed E-state index contributed by atoms with van der Waals surface area (Å²) in [7, 11) is 0. The van der Waals surface area contributed by atoms with Crippen molar-refractivity contribution in [2.24, 2.45) is 20.0 Å². The lowest BCUT2D eigenvalue weighted by Gasteiger charge is -2.09. The third-order valence-electron chi connectivity index (χ3n) is 14.6. The largest absolute Gasteiger partial charge is 0.357 e. The van der Waals surface area contributed by atoms with Crippen LogP contribution in [0, 0.1) is 0 Å². The molecule has 12 heteroatoms.